The summed E-state index contributed by atoms with van der Waals surface area (Å²) < 4.78 is 0. The van der Waals surface area contributed by atoms with Gasteiger partial charge in [0.05, 0.1) is 0 Å². The van der Waals surface area contributed by atoms with Crippen LogP contribution in [0.1, 0.15) is 252 Å². The van der Waals surface area contributed by atoms with Crippen LogP contribution < -0.4 is 0 Å². The molecular formula is C41H82O. The molecule has 0 amide bonds. The van der Waals surface area contributed by atoms with Gasteiger partial charge in [-0.3, -0.25) is 4.79 Å². The SMILES string of the molecule is CCCCCCCCCCCCCCCCCCCCCCCCCCCCCCCCC(C)(C)CC(=O)CCCC. The van der Waals surface area contributed by atoms with E-state index < -0.39 is 0 Å². The quantitative estimate of drug-likeness (QED) is 0.0663. The average Bonchev–Trinajstić information content (AvgIpc) is 2.96. The molecule has 0 bridgehead atoms. The number of Topliss-reactive ketones (excluding diaryl/α,β-unsaturated/α-hetero) is 1. The smallest absolute Gasteiger partial charge is 0.133 e. The number of hydrogen-bond acceptors (Lipinski definition) is 1. The number of carbonyl (C=O) groups excluding carboxylic acids is 1. The van der Waals surface area contributed by atoms with E-state index in [-0.39, 0.29) is 5.41 Å². The zero-order valence-corrected chi connectivity index (χ0v) is 30.2. The van der Waals surface area contributed by atoms with Gasteiger partial charge in [0.1, 0.15) is 5.78 Å². The molecule has 0 heterocycles. The van der Waals surface area contributed by atoms with E-state index >= 15 is 0 Å². The van der Waals surface area contributed by atoms with Crippen molar-refractivity contribution in [1.29, 1.82) is 0 Å². The van der Waals surface area contributed by atoms with E-state index in [4.69, 9.17) is 0 Å². The zero-order valence-electron chi connectivity index (χ0n) is 30.2. The largest absolute Gasteiger partial charge is 0.300 e. The molecule has 42 heavy (non-hydrogen) atoms. The first kappa shape index (κ1) is 41.7. The van der Waals surface area contributed by atoms with E-state index in [1.807, 2.05) is 0 Å². The molecule has 0 N–H and O–H groups in total. The molecule has 0 rings (SSSR count). The maximum atomic E-state index is 12.1. The van der Waals surface area contributed by atoms with E-state index in [0.717, 1.165) is 25.7 Å². The Bertz CT molecular complexity index is 521. The Labute approximate surface area is 267 Å². The summed E-state index contributed by atoms with van der Waals surface area (Å²) in [5, 5.41) is 0. The molecule has 0 atom stereocenters. The van der Waals surface area contributed by atoms with Gasteiger partial charge in [-0.2, -0.15) is 0 Å². The number of unbranched alkanes of at least 4 members (excludes halogenated alkanes) is 30. The number of carbonyl (C=O) groups is 1. The summed E-state index contributed by atoms with van der Waals surface area (Å²) >= 11 is 0. The van der Waals surface area contributed by atoms with E-state index in [0.29, 0.717) is 5.78 Å². The van der Waals surface area contributed by atoms with Crippen LogP contribution in [-0.4, -0.2) is 5.78 Å². The molecule has 0 aromatic rings. The molecule has 1 nitrogen and oxygen atoms in total. The van der Waals surface area contributed by atoms with Crippen molar-refractivity contribution >= 4 is 5.78 Å². The number of ketones is 1. The second-order valence-corrected chi connectivity index (χ2v) is 15.0. The fourth-order valence-electron chi connectivity index (χ4n) is 6.71. The average molecular weight is 591 g/mol. The van der Waals surface area contributed by atoms with Crippen LogP contribution in [-0.2, 0) is 4.79 Å². The van der Waals surface area contributed by atoms with E-state index in [1.165, 1.54) is 199 Å². The molecule has 0 aromatic carbocycles. The number of hydrogen-bond donors (Lipinski definition) is 0. The fraction of sp³-hybridized carbons (Fsp3) is 0.976. The van der Waals surface area contributed by atoms with Gasteiger partial charge < -0.3 is 0 Å². The van der Waals surface area contributed by atoms with Crippen molar-refractivity contribution in [2.24, 2.45) is 5.41 Å². The third-order valence-corrected chi connectivity index (χ3v) is 9.69. The normalized spacial score (nSPS) is 11.9. The Morgan fingerprint density at radius 2 is 0.595 bits per heavy atom. The first-order valence-corrected chi connectivity index (χ1v) is 20.0. The van der Waals surface area contributed by atoms with Crippen molar-refractivity contribution < 1.29 is 4.79 Å². The van der Waals surface area contributed by atoms with Crippen molar-refractivity contribution in [3.05, 3.63) is 0 Å². The standard InChI is InChI=1S/C41H82O/c1-5-7-9-10-11-12-13-14-15-16-17-18-19-20-21-22-23-24-25-26-27-28-29-30-31-32-33-34-35-36-38-41(3,4)39-40(42)37-8-6-2/h5-39H2,1-4H3. The van der Waals surface area contributed by atoms with Gasteiger partial charge in [-0.15, -0.1) is 0 Å². The molecule has 0 saturated carbocycles. The minimum absolute atomic E-state index is 0.205. The van der Waals surface area contributed by atoms with Gasteiger partial charge >= 0.3 is 0 Å². The van der Waals surface area contributed by atoms with Crippen LogP contribution in [0.5, 0.6) is 0 Å². The molecular weight excluding hydrogens is 508 g/mol. The zero-order chi connectivity index (χ0) is 30.8. The van der Waals surface area contributed by atoms with Crippen LogP contribution in [0.25, 0.3) is 0 Å². The monoisotopic (exact) mass is 591 g/mol. The van der Waals surface area contributed by atoms with Gasteiger partial charge in [-0.1, -0.05) is 227 Å². The molecule has 0 aromatic heterocycles. The third kappa shape index (κ3) is 34.2. The highest BCUT2D eigenvalue weighted by molar-refractivity contribution is 5.78. The van der Waals surface area contributed by atoms with Gasteiger partial charge in [0.15, 0.2) is 0 Å². The highest BCUT2D eigenvalue weighted by Gasteiger charge is 2.20. The predicted molar refractivity (Wildman–Crippen MR) is 192 cm³/mol. The second kappa shape index (κ2) is 33.6. The molecule has 0 spiro atoms. The molecule has 252 valence electrons. The summed E-state index contributed by atoms with van der Waals surface area (Å²) in [6.07, 6.45) is 48.6. The van der Waals surface area contributed by atoms with Gasteiger partial charge in [0.25, 0.3) is 0 Å². The van der Waals surface area contributed by atoms with Gasteiger partial charge in [0.2, 0.25) is 0 Å². The molecule has 0 unspecified atom stereocenters. The topological polar surface area (TPSA) is 17.1 Å². The maximum absolute atomic E-state index is 12.1. The Morgan fingerprint density at radius 1 is 0.357 bits per heavy atom. The molecule has 0 fully saturated rings. The lowest BCUT2D eigenvalue weighted by atomic mass is 9.81. The van der Waals surface area contributed by atoms with E-state index in [1.54, 1.807) is 0 Å². The summed E-state index contributed by atoms with van der Waals surface area (Å²) in [5.41, 5.74) is 0.205. The summed E-state index contributed by atoms with van der Waals surface area (Å²) in [6.45, 7) is 9.06. The van der Waals surface area contributed by atoms with Gasteiger partial charge in [0, 0.05) is 12.8 Å². The van der Waals surface area contributed by atoms with Crippen LogP contribution in [0.15, 0.2) is 0 Å². The molecule has 0 aliphatic rings. The van der Waals surface area contributed by atoms with Crippen LogP contribution >= 0.6 is 0 Å². The molecule has 0 aliphatic carbocycles. The minimum Gasteiger partial charge on any atom is -0.300 e. The molecule has 1 heteroatoms. The van der Waals surface area contributed by atoms with E-state index in [2.05, 4.69) is 27.7 Å². The van der Waals surface area contributed by atoms with Crippen LogP contribution in [0.2, 0.25) is 0 Å². The first-order chi connectivity index (χ1) is 20.5. The van der Waals surface area contributed by atoms with Crippen molar-refractivity contribution in [3.63, 3.8) is 0 Å². The lowest BCUT2D eigenvalue weighted by molar-refractivity contribution is -0.121. The molecule has 0 radical (unpaired) electrons. The highest BCUT2D eigenvalue weighted by Crippen LogP contribution is 2.29. The Balaban J connectivity index is 3.18. The Hall–Kier alpha value is -0.330. The minimum atomic E-state index is 0.205. The van der Waals surface area contributed by atoms with Crippen molar-refractivity contribution in [2.75, 3.05) is 0 Å². The first-order valence-electron chi connectivity index (χ1n) is 20.0. The highest BCUT2D eigenvalue weighted by atomic mass is 16.1. The van der Waals surface area contributed by atoms with Crippen LogP contribution in [0, 0.1) is 5.41 Å². The summed E-state index contributed by atoms with van der Waals surface area (Å²) in [4.78, 5) is 12.1. The summed E-state index contributed by atoms with van der Waals surface area (Å²) in [7, 11) is 0. The molecule has 0 aliphatic heterocycles. The van der Waals surface area contributed by atoms with Crippen LogP contribution in [0.4, 0.5) is 0 Å². The van der Waals surface area contributed by atoms with Crippen molar-refractivity contribution in [1.82, 2.24) is 0 Å². The lowest BCUT2D eigenvalue weighted by Crippen LogP contribution is -2.17. The van der Waals surface area contributed by atoms with Crippen molar-refractivity contribution in [2.45, 2.75) is 252 Å². The fourth-order valence-corrected chi connectivity index (χ4v) is 6.71. The predicted octanol–water partition coefficient (Wildman–Crippen LogP) is 15.3. The van der Waals surface area contributed by atoms with Gasteiger partial charge in [-0.05, 0) is 18.3 Å². The molecule has 0 saturated heterocycles. The lowest BCUT2D eigenvalue weighted by Gasteiger charge is -2.23. The Kier molecular flexibility index (Phi) is 33.3. The van der Waals surface area contributed by atoms with Crippen LogP contribution in [0.3, 0.4) is 0 Å². The summed E-state index contributed by atoms with van der Waals surface area (Å²) in [6, 6.07) is 0. The second-order valence-electron chi connectivity index (χ2n) is 15.0. The van der Waals surface area contributed by atoms with Crippen molar-refractivity contribution in [3.8, 4) is 0 Å². The van der Waals surface area contributed by atoms with Gasteiger partial charge in [-0.25, -0.2) is 0 Å². The maximum Gasteiger partial charge on any atom is 0.133 e. The Morgan fingerprint density at radius 3 is 0.857 bits per heavy atom. The summed E-state index contributed by atoms with van der Waals surface area (Å²) in [5.74, 6) is 0.479. The number of rotatable bonds is 36. The third-order valence-electron chi connectivity index (χ3n) is 9.69. The van der Waals surface area contributed by atoms with E-state index in [9.17, 15) is 4.79 Å².